The number of hydrogen-bond donors (Lipinski definition) is 5. The van der Waals surface area contributed by atoms with Crippen molar-refractivity contribution >= 4 is 33.3 Å². The molecular formula is C45H58N2O6S2. The summed E-state index contributed by atoms with van der Waals surface area (Å²) >= 11 is 0. The number of carbonyl (C=O) groups excluding carboxylic acids is 2. The molecular weight excluding hydrogens is 729 g/mol. The molecule has 0 radical (unpaired) electrons. The van der Waals surface area contributed by atoms with E-state index >= 15 is 0 Å². The third-order valence-corrected chi connectivity index (χ3v) is 15.1. The molecule has 2 bridgehead atoms. The smallest absolute Gasteiger partial charge is 0.225 e. The highest BCUT2D eigenvalue weighted by atomic mass is 33.1. The van der Waals surface area contributed by atoms with Gasteiger partial charge in [-0.05, 0) is 105 Å². The van der Waals surface area contributed by atoms with Gasteiger partial charge in [-0.15, -0.1) is 0 Å². The average molecular weight is 787 g/mol. The first kappa shape index (κ1) is 41.7. The van der Waals surface area contributed by atoms with Crippen molar-refractivity contribution in [2.24, 2.45) is 23.0 Å². The summed E-state index contributed by atoms with van der Waals surface area (Å²) in [5, 5.41) is 38.0. The maximum Gasteiger partial charge on any atom is 0.225 e. The number of ether oxygens (including phenoxy) is 1. The Balaban J connectivity index is 1.32. The summed E-state index contributed by atoms with van der Waals surface area (Å²) in [4.78, 5) is 26.6. The van der Waals surface area contributed by atoms with Gasteiger partial charge in [-0.2, -0.15) is 0 Å². The fourth-order valence-corrected chi connectivity index (χ4v) is 11.8. The molecule has 296 valence electrons. The van der Waals surface area contributed by atoms with Gasteiger partial charge in [0.25, 0.3) is 0 Å². The van der Waals surface area contributed by atoms with Gasteiger partial charge in [-0.25, -0.2) is 0 Å². The number of hydrogen-bond acceptors (Lipinski definition) is 9. The first-order valence-corrected chi connectivity index (χ1v) is 22.4. The number of benzene rings is 1. The molecule has 1 spiro atoms. The molecule has 7 atom stereocenters. The van der Waals surface area contributed by atoms with Crippen LogP contribution >= 0.6 is 21.6 Å². The number of carbonyl (C=O) groups is 2. The van der Waals surface area contributed by atoms with Gasteiger partial charge in [0.15, 0.2) is 5.78 Å². The largest absolute Gasteiger partial charge is 0.396 e. The number of aliphatic hydroxyl groups excluding tert-OH is 2. The summed E-state index contributed by atoms with van der Waals surface area (Å²) < 4.78 is 6.55. The van der Waals surface area contributed by atoms with Crippen LogP contribution in [-0.4, -0.2) is 69.5 Å². The molecule has 8 nitrogen and oxygen atoms in total. The zero-order chi connectivity index (χ0) is 39.2. The predicted octanol–water partition coefficient (Wildman–Crippen LogP) is 6.76. The normalized spacial score (nSPS) is 32.7. The Labute approximate surface area is 335 Å². The molecule has 3 heterocycles. The summed E-state index contributed by atoms with van der Waals surface area (Å²) in [7, 11) is 3.65. The topological polar surface area (TPSA) is 142 Å². The SMILES string of the molecule is C=C1C=CC=C(C2CCC3(C(CCCO)C(=C(C)C(=O)Cc4cccc5c4CC(=O)NC5N)CCC3(C)O)C2O)COC2C#CCC(=CCC1)CCSSC2. The van der Waals surface area contributed by atoms with Crippen molar-refractivity contribution in [1.29, 1.82) is 0 Å². The zero-order valence-electron chi connectivity index (χ0n) is 32.4. The van der Waals surface area contributed by atoms with E-state index in [2.05, 4.69) is 35.9 Å². The molecule has 1 aromatic rings. The maximum atomic E-state index is 14.2. The Hall–Kier alpha value is -2.88. The Bertz CT molecular complexity index is 1820. The van der Waals surface area contributed by atoms with E-state index in [0.29, 0.717) is 50.7 Å². The lowest BCUT2D eigenvalue weighted by atomic mass is 9.52. The Morgan fingerprint density at radius 1 is 1.20 bits per heavy atom. The highest BCUT2D eigenvalue weighted by Crippen LogP contribution is 2.63. The Morgan fingerprint density at radius 2 is 2.04 bits per heavy atom. The van der Waals surface area contributed by atoms with Crippen molar-refractivity contribution in [3.8, 4) is 11.8 Å². The molecule has 2 aliphatic carbocycles. The number of amides is 1. The molecule has 2 fully saturated rings. The van der Waals surface area contributed by atoms with E-state index in [-0.39, 0.29) is 49.1 Å². The van der Waals surface area contributed by atoms with Crippen LogP contribution in [0.4, 0.5) is 0 Å². The van der Waals surface area contributed by atoms with Gasteiger partial charge in [0, 0.05) is 42.3 Å². The molecule has 7 unspecified atom stereocenters. The van der Waals surface area contributed by atoms with Crippen LogP contribution in [0.1, 0.15) is 101 Å². The molecule has 2 saturated carbocycles. The van der Waals surface area contributed by atoms with Crippen LogP contribution in [0.25, 0.3) is 0 Å². The number of ketones is 1. The summed E-state index contributed by atoms with van der Waals surface area (Å²) in [6, 6.07) is 5.66. The monoisotopic (exact) mass is 786 g/mol. The van der Waals surface area contributed by atoms with Crippen LogP contribution in [0.2, 0.25) is 0 Å². The van der Waals surface area contributed by atoms with Crippen LogP contribution in [0.5, 0.6) is 0 Å². The standard InChI is InChI=1S/C45H58N2O6S2/c1-29-9-4-11-31-12-6-15-34(28-55-54-24-20-31)53-27-33(14-5-10-29)36-19-22-45(42(36)51)39(17-8-23-48)35(18-21-44(45,3)52)30(2)40(49)25-32-13-7-16-37-38(32)26-41(50)47-43(37)46/h5,7,10-11,13-14,16,34,36,39,42-43,48,51-52H,1,4,8-9,12,17-28,46H2,2-3H3,(H,47,50). The van der Waals surface area contributed by atoms with Crippen molar-refractivity contribution in [3.63, 3.8) is 0 Å². The first-order chi connectivity index (χ1) is 26.4. The van der Waals surface area contributed by atoms with Gasteiger partial charge in [-0.3, -0.25) is 9.59 Å². The van der Waals surface area contributed by atoms with Crippen LogP contribution in [-0.2, 0) is 27.2 Å². The summed E-state index contributed by atoms with van der Waals surface area (Å²) in [5.74, 6) is 7.73. The summed E-state index contributed by atoms with van der Waals surface area (Å²) in [6.07, 6.45) is 13.6. The van der Waals surface area contributed by atoms with E-state index in [9.17, 15) is 24.9 Å². The number of rotatable bonds is 7. The number of aliphatic hydroxyl groups is 3. The van der Waals surface area contributed by atoms with Crippen LogP contribution < -0.4 is 11.1 Å². The van der Waals surface area contributed by atoms with Gasteiger partial charge in [0.2, 0.25) is 5.91 Å². The van der Waals surface area contributed by atoms with Crippen molar-refractivity contribution in [3.05, 3.63) is 93.6 Å². The number of nitrogens with two attached hydrogens (primary N) is 1. The van der Waals surface area contributed by atoms with Crippen LogP contribution in [0.15, 0.2) is 76.9 Å². The van der Waals surface area contributed by atoms with Gasteiger partial charge < -0.3 is 31.1 Å². The van der Waals surface area contributed by atoms with Gasteiger partial charge in [0.1, 0.15) is 12.3 Å². The van der Waals surface area contributed by atoms with Gasteiger partial charge in [0.05, 0.1) is 24.7 Å². The second-order valence-corrected chi connectivity index (χ2v) is 18.7. The Kier molecular flexibility index (Phi) is 14.1. The molecule has 6 N–H and O–H groups in total. The lowest BCUT2D eigenvalue weighted by molar-refractivity contribution is -0.168. The zero-order valence-corrected chi connectivity index (χ0v) is 34.0. The van der Waals surface area contributed by atoms with Crippen molar-refractivity contribution in [2.45, 2.75) is 115 Å². The predicted molar refractivity (Wildman–Crippen MR) is 223 cm³/mol. The summed E-state index contributed by atoms with van der Waals surface area (Å²) in [5.41, 5.74) is 11.4. The molecule has 0 aromatic heterocycles. The number of allylic oxidation sites excluding steroid dienone is 8. The summed E-state index contributed by atoms with van der Waals surface area (Å²) in [6.45, 7) is 8.28. The van der Waals surface area contributed by atoms with Crippen molar-refractivity contribution in [1.82, 2.24) is 5.32 Å². The van der Waals surface area contributed by atoms with E-state index in [1.54, 1.807) is 10.8 Å². The quantitative estimate of drug-likeness (QED) is 0.0878. The van der Waals surface area contributed by atoms with E-state index < -0.39 is 23.3 Å². The van der Waals surface area contributed by atoms with Gasteiger partial charge in [-0.1, -0.05) is 99.2 Å². The number of nitrogens with one attached hydrogen (secondary N) is 1. The molecule has 6 rings (SSSR count). The van der Waals surface area contributed by atoms with E-state index in [1.807, 2.05) is 55.0 Å². The fourth-order valence-electron chi connectivity index (χ4n) is 9.68. The molecule has 10 heteroatoms. The molecule has 5 aliphatic rings. The minimum atomic E-state index is -1.22. The third-order valence-electron chi connectivity index (χ3n) is 12.8. The number of fused-ring (bicyclic) bond motifs is 4. The van der Waals surface area contributed by atoms with Crippen LogP contribution in [0, 0.1) is 29.1 Å². The fraction of sp³-hybridized carbons (Fsp3) is 0.556. The van der Waals surface area contributed by atoms with Gasteiger partial charge >= 0.3 is 0 Å². The molecule has 3 aliphatic heterocycles. The van der Waals surface area contributed by atoms with E-state index in [4.69, 9.17) is 10.5 Å². The minimum Gasteiger partial charge on any atom is -0.396 e. The molecule has 0 saturated heterocycles. The second-order valence-electron chi connectivity index (χ2n) is 16.1. The van der Waals surface area contributed by atoms with Crippen molar-refractivity contribution in [2.75, 3.05) is 24.7 Å². The third kappa shape index (κ3) is 9.31. The molecule has 1 amide bonds. The highest BCUT2D eigenvalue weighted by Gasteiger charge is 2.64. The van der Waals surface area contributed by atoms with E-state index in [1.165, 1.54) is 5.57 Å². The number of Topliss-reactive ketones (excluding diaryl/α,β-unsaturated/α-hetero) is 1. The van der Waals surface area contributed by atoms with Crippen molar-refractivity contribution < 1.29 is 29.6 Å². The average Bonchev–Trinajstić information content (AvgIpc) is 3.49. The molecule has 1 aromatic carbocycles. The highest BCUT2D eigenvalue weighted by molar-refractivity contribution is 8.76. The Morgan fingerprint density at radius 3 is 2.85 bits per heavy atom. The maximum absolute atomic E-state index is 14.2. The second kappa shape index (κ2) is 18.6. The minimum absolute atomic E-state index is 0.0313. The van der Waals surface area contributed by atoms with Crippen LogP contribution in [0.3, 0.4) is 0 Å². The lowest BCUT2D eigenvalue weighted by Gasteiger charge is -2.55. The first-order valence-electron chi connectivity index (χ1n) is 19.9. The lowest BCUT2D eigenvalue weighted by Crippen LogP contribution is -2.59. The van der Waals surface area contributed by atoms with E-state index in [0.717, 1.165) is 70.6 Å². The molecule has 55 heavy (non-hydrogen) atoms.